The normalized spacial score (nSPS) is 16.8. The Bertz CT molecular complexity index is 1080. The summed E-state index contributed by atoms with van der Waals surface area (Å²) in [6.45, 7) is 1.16. The molecule has 0 unspecified atom stereocenters. The first kappa shape index (κ1) is 18.8. The van der Waals surface area contributed by atoms with E-state index in [1.165, 1.54) is 6.26 Å². The summed E-state index contributed by atoms with van der Waals surface area (Å²) in [5.41, 5.74) is 2.64. The molecule has 0 saturated carbocycles. The maximum atomic E-state index is 12.5. The summed E-state index contributed by atoms with van der Waals surface area (Å²) in [4.78, 5) is 9.33. The van der Waals surface area contributed by atoms with Crippen LogP contribution in [0, 0.1) is 0 Å². The minimum Gasteiger partial charge on any atom is -0.381 e. The van der Waals surface area contributed by atoms with E-state index in [1.54, 1.807) is 0 Å². The third-order valence-corrected chi connectivity index (χ3v) is 7.54. The number of hydrogen-bond donors (Lipinski definition) is 1. The van der Waals surface area contributed by atoms with Crippen LogP contribution in [0.3, 0.4) is 0 Å². The van der Waals surface area contributed by atoms with Gasteiger partial charge in [-0.2, -0.15) is 0 Å². The van der Waals surface area contributed by atoms with Gasteiger partial charge in [-0.3, -0.25) is 0 Å². The van der Waals surface area contributed by atoms with E-state index in [9.17, 15) is 8.42 Å². The second-order valence-corrected chi connectivity index (χ2v) is 9.61. The molecule has 146 valence electrons. The number of aromatic nitrogens is 2. The first-order valence-corrected chi connectivity index (χ1v) is 11.2. The van der Waals surface area contributed by atoms with Crippen molar-refractivity contribution in [2.24, 2.45) is 0 Å². The van der Waals surface area contributed by atoms with Gasteiger partial charge < -0.3 is 10.1 Å². The summed E-state index contributed by atoms with van der Waals surface area (Å²) >= 11 is 0. The van der Waals surface area contributed by atoms with Crippen molar-refractivity contribution >= 4 is 26.7 Å². The third kappa shape index (κ3) is 3.59. The number of hydrogen-bond acceptors (Lipinski definition) is 6. The average molecular weight is 398 g/mol. The zero-order valence-electron chi connectivity index (χ0n) is 15.8. The summed E-state index contributed by atoms with van der Waals surface area (Å²) in [7, 11) is -3.26. The molecular formula is C21H23N3O3S. The van der Waals surface area contributed by atoms with Gasteiger partial charge in [0.1, 0.15) is 0 Å². The fourth-order valence-corrected chi connectivity index (χ4v) is 4.88. The number of para-hydroxylation sites is 1. The predicted molar refractivity (Wildman–Crippen MR) is 111 cm³/mol. The van der Waals surface area contributed by atoms with Gasteiger partial charge in [-0.05, 0) is 18.9 Å². The first-order chi connectivity index (χ1) is 13.5. The van der Waals surface area contributed by atoms with Crippen molar-refractivity contribution in [1.82, 2.24) is 9.97 Å². The highest BCUT2D eigenvalue weighted by Crippen LogP contribution is 2.31. The summed E-state index contributed by atoms with van der Waals surface area (Å²) in [5.74, 6) is 0.437. The SMILES string of the molecule is CS(=O)(=O)C1(CNc2nc(-c3ccccc3)c3ccccc3n2)CCOCC1. The van der Waals surface area contributed by atoms with Gasteiger partial charge in [0.25, 0.3) is 0 Å². The molecule has 4 rings (SSSR count). The Balaban J connectivity index is 1.71. The van der Waals surface area contributed by atoms with Gasteiger partial charge in [0, 0.05) is 37.0 Å². The van der Waals surface area contributed by atoms with E-state index in [0.29, 0.717) is 32.0 Å². The lowest BCUT2D eigenvalue weighted by molar-refractivity contribution is 0.0776. The molecule has 0 amide bonds. The summed E-state index contributed by atoms with van der Waals surface area (Å²) in [6, 6.07) is 17.8. The van der Waals surface area contributed by atoms with Crippen LogP contribution in [0.2, 0.25) is 0 Å². The number of nitrogens with zero attached hydrogens (tertiary/aromatic N) is 2. The second-order valence-electron chi connectivity index (χ2n) is 7.20. The number of benzene rings is 2. The van der Waals surface area contributed by atoms with Gasteiger partial charge in [0.15, 0.2) is 9.84 Å². The van der Waals surface area contributed by atoms with Gasteiger partial charge in [-0.1, -0.05) is 48.5 Å². The quantitative estimate of drug-likeness (QED) is 0.711. The molecule has 1 saturated heterocycles. The molecule has 7 heteroatoms. The maximum absolute atomic E-state index is 12.5. The number of sulfone groups is 1. The third-order valence-electron chi connectivity index (χ3n) is 5.41. The second kappa shape index (κ2) is 7.48. The van der Waals surface area contributed by atoms with Crippen molar-refractivity contribution in [2.75, 3.05) is 31.3 Å². The largest absolute Gasteiger partial charge is 0.381 e. The van der Waals surface area contributed by atoms with Crippen LogP contribution in [-0.4, -0.2) is 49.1 Å². The average Bonchev–Trinajstić information content (AvgIpc) is 2.72. The van der Waals surface area contributed by atoms with Gasteiger partial charge >= 0.3 is 0 Å². The van der Waals surface area contributed by atoms with Crippen molar-refractivity contribution in [3.05, 3.63) is 54.6 Å². The molecule has 0 atom stereocenters. The summed E-state index contributed by atoms with van der Waals surface area (Å²) < 4.78 is 29.5. The highest BCUT2D eigenvalue weighted by atomic mass is 32.2. The lowest BCUT2D eigenvalue weighted by Gasteiger charge is -2.35. The zero-order chi connectivity index (χ0) is 19.6. The fraction of sp³-hybridized carbons (Fsp3) is 0.333. The minimum atomic E-state index is -3.26. The number of ether oxygens (including phenoxy) is 1. The van der Waals surface area contributed by atoms with Crippen molar-refractivity contribution in [2.45, 2.75) is 17.6 Å². The number of rotatable bonds is 5. The molecule has 1 aliphatic rings. The van der Waals surface area contributed by atoms with E-state index in [2.05, 4.69) is 10.3 Å². The standard InChI is InChI=1S/C21H23N3O3S/c1-28(25,26)21(11-13-27-14-12-21)15-22-20-23-18-10-6-5-9-17(18)19(24-20)16-7-3-2-4-8-16/h2-10H,11-15H2,1H3,(H,22,23,24). The van der Waals surface area contributed by atoms with Crippen LogP contribution in [0.1, 0.15) is 12.8 Å². The molecule has 2 heterocycles. The Kier molecular flexibility index (Phi) is 5.03. The molecule has 0 bridgehead atoms. The zero-order valence-corrected chi connectivity index (χ0v) is 16.6. The molecule has 0 radical (unpaired) electrons. The van der Waals surface area contributed by atoms with Crippen LogP contribution < -0.4 is 5.32 Å². The molecule has 28 heavy (non-hydrogen) atoms. The van der Waals surface area contributed by atoms with Crippen LogP contribution in [-0.2, 0) is 14.6 Å². The minimum absolute atomic E-state index is 0.266. The number of nitrogens with one attached hydrogen (secondary N) is 1. The summed E-state index contributed by atoms with van der Waals surface area (Å²) in [5, 5.41) is 4.17. The Morgan fingerprint density at radius 3 is 2.39 bits per heavy atom. The molecule has 1 aliphatic heterocycles. The Morgan fingerprint density at radius 1 is 1.00 bits per heavy atom. The lowest BCUT2D eigenvalue weighted by Crippen LogP contribution is -2.48. The van der Waals surface area contributed by atoms with E-state index in [0.717, 1.165) is 22.2 Å². The van der Waals surface area contributed by atoms with Crippen molar-refractivity contribution in [3.8, 4) is 11.3 Å². The highest BCUT2D eigenvalue weighted by Gasteiger charge is 2.42. The summed E-state index contributed by atoms with van der Waals surface area (Å²) in [6.07, 6.45) is 2.24. The molecule has 1 aromatic heterocycles. The van der Waals surface area contributed by atoms with Crippen LogP contribution in [0.15, 0.2) is 54.6 Å². The topological polar surface area (TPSA) is 81.2 Å². The van der Waals surface area contributed by atoms with Crippen LogP contribution >= 0.6 is 0 Å². The molecule has 0 spiro atoms. The van der Waals surface area contributed by atoms with E-state index in [-0.39, 0.29) is 6.54 Å². The Morgan fingerprint density at radius 2 is 1.68 bits per heavy atom. The molecule has 6 nitrogen and oxygen atoms in total. The first-order valence-electron chi connectivity index (χ1n) is 9.32. The van der Waals surface area contributed by atoms with Gasteiger partial charge in [-0.15, -0.1) is 0 Å². The Labute approximate surface area is 164 Å². The van der Waals surface area contributed by atoms with Crippen molar-refractivity contribution < 1.29 is 13.2 Å². The van der Waals surface area contributed by atoms with Gasteiger partial charge in [0.2, 0.25) is 5.95 Å². The van der Waals surface area contributed by atoms with Crippen molar-refractivity contribution in [1.29, 1.82) is 0 Å². The smallest absolute Gasteiger partial charge is 0.223 e. The molecule has 1 fully saturated rings. The van der Waals surface area contributed by atoms with Crippen LogP contribution in [0.25, 0.3) is 22.2 Å². The van der Waals surface area contributed by atoms with Gasteiger partial charge in [-0.25, -0.2) is 18.4 Å². The lowest BCUT2D eigenvalue weighted by atomic mass is 9.99. The van der Waals surface area contributed by atoms with E-state index in [1.807, 2.05) is 54.6 Å². The molecule has 1 N–H and O–H groups in total. The molecule has 2 aromatic carbocycles. The van der Waals surface area contributed by atoms with E-state index < -0.39 is 14.6 Å². The van der Waals surface area contributed by atoms with Crippen molar-refractivity contribution in [3.63, 3.8) is 0 Å². The number of fused-ring (bicyclic) bond motifs is 1. The number of anilines is 1. The monoisotopic (exact) mass is 397 g/mol. The highest BCUT2D eigenvalue weighted by molar-refractivity contribution is 7.92. The van der Waals surface area contributed by atoms with E-state index >= 15 is 0 Å². The van der Waals surface area contributed by atoms with Gasteiger partial charge in [0.05, 0.1) is 16.0 Å². The fourth-order valence-electron chi connectivity index (χ4n) is 3.63. The molecular weight excluding hydrogens is 374 g/mol. The maximum Gasteiger partial charge on any atom is 0.223 e. The predicted octanol–water partition coefficient (Wildman–Crippen LogP) is 3.30. The van der Waals surface area contributed by atoms with E-state index in [4.69, 9.17) is 9.72 Å². The molecule has 3 aromatic rings. The Hall–Kier alpha value is -2.51. The molecule has 0 aliphatic carbocycles. The van der Waals surface area contributed by atoms with Crippen LogP contribution in [0.5, 0.6) is 0 Å². The van der Waals surface area contributed by atoms with Crippen LogP contribution in [0.4, 0.5) is 5.95 Å².